The second-order valence-electron chi connectivity index (χ2n) is 3.50. The summed E-state index contributed by atoms with van der Waals surface area (Å²) in [6.45, 7) is 11.2. The van der Waals surface area contributed by atoms with Gasteiger partial charge in [-0.15, -0.1) is 0 Å². The molecule has 0 saturated carbocycles. The van der Waals surface area contributed by atoms with Crippen LogP contribution in [0, 0.1) is 0 Å². The van der Waals surface area contributed by atoms with Crippen LogP contribution < -0.4 is 0 Å². The summed E-state index contributed by atoms with van der Waals surface area (Å²) >= 11 is 2.53. The fourth-order valence-corrected chi connectivity index (χ4v) is 2.36. The van der Waals surface area contributed by atoms with Gasteiger partial charge in [0.05, 0.1) is 3.42 Å². The molecule has 0 nitrogen and oxygen atoms in total. The first-order valence-corrected chi connectivity index (χ1v) is 5.02. The monoisotopic (exact) mass is 318 g/mol. The Hall–Kier alpha value is 0.729. The Bertz CT molecular complexity index is 233. The van der Waals surface area contributed by atoms with Crippen LogP contribution in [0.2, 0.25) is 0 Å². The van der Waals surface area contributed by atoms with Crippen LogP contribution in [0.15, 0.2) is 22.3 Å². The largest absolute Gasteiger partial charge is 0.0694 e. The average molecular weight is 318 g/mol. The Kier molecular flexibility index (Phi) is 4.08. The fraction of sp³-hybridized carbons (Fsp3) is 0.600. The number of hydrogen-bond donors (Lipinski definition) is 0. The minimum Gasteiger partial charge on any atom is -0.0694 e. The molecule has 1 aliphatic rings. The molecule has 0 aromatic heterocycles. The van der Waals surface area contributed by atoms with Crippen LogP contribution in [0.25, 0.3) is 0 Å². The third-order valence-corrected chi connectivity index (χ3v) is 4.71. The SMILES string of the molecule is CC1=C(C)C(C)(I)C(C)=C1C.[Fe]. The molecule has 0 fully saturated rings. The number of hydrogen-bond acceptors (Lipinski definition) is 0. The van der Waals surface area contributed by atoms with Crippen molar-refractivity contribution in [1.29, 1.82) is 0 Å². The van der Waals surface area contributed by atoms with E-state index in [0.29, 0.717) is 0 Å². The van der Waals surface area contributed by atoms with Gasteiger partial charge in [0.1, 0.15) is 0 Å². The van der Waals surface area contributed by atoms with Gasteiger partial charge >= 0.3 is 0 Å². The average Bonchev–Trinajstić information content (AvgIpc) is 2.06. The van der Waals surface area contributed by atoms with Crippen LogP contribution in [0.3, 0.4) is 0 Å². The Morgan fingerprint density at radius 3 is 1.25 bits per heavy atom. The predicted molar refractivity (Wildman–Crippen MR) is 59.2 cm³/mol. The number of halogens is 1. The van der Waals surface area contributed by atoms with Crippen molar-refractivity contribution in [3.8, 4) is 0 Å². The topological polar surface area (TPSA) is 0 Å². The predicted octanol–water partition coefficient (Wildman–Crippen LogP) is 3.86. The maximum absolute atomic E-state index is 2.53. The van der Waals surface area contributed by atoms with Crippen LogP contribution >= 0.6 is 22.6 Å². The van der Waals surface area contributed by atoms with Crippen molar-refractivity contribution in [3.05, 3.63) is 22.3 Å². The molecular weight excluding hydrogens is 303 g/mol. The van der Waals surface area contributed by atoms with E-state index < -0.39 is 0 Å². The van der Waals surface area contributed by atoms with Crippen molar-refractivity contribution in [1.82, 2.24) is 0 Å². The van der Waals surface area contributed by atoms with Crippen molar-refractivity contribution in [3.63, 3.8) is 0 Å². The molecule has 0 aromatic carbocycles. The molecule has 12 heavy (non-hydrogen) atoms. The smallest absolute Gasteiger partial charge is 0.0616 e. The van der Waals surface area contributed by atoms with E-state index in [4.69, 9.17) is 0 Å². The van der Waals surface area contributed by atoms with Crippen LogP contribution in [0.1, 0.15) is 34.6 Å². The maximum atomic E-state index is 2.53. The molecular formula is C10H15FeI. The van der Waals surface area contributed by atoms with Crippen LogP contribution in [-0.2, 0) is 17.1 Å². The third-order valence-electron chi connectivity index (χ3n) is 3.10. The zero-order chi connectivity index (χ0) is 8.81. The van der Waals surface area contributed by atoms with Crippen molar-refractivity contribution < 1.29 is 17.1 Å². The van der Waals surface area contributed by atoms with Gasteiger partial charge in [-0.25, -0.2) is 0 Å². The molecule has 0 unspecified atom stereocenters. The van der Waals surface area contributed by atoms with Gasteiger partial charge in [0, 0.05) is 17.1 Å². The van der Waals surface area contributed by atoms with Gasteiger partial charge in [0.15, 0.2) is 0 Å². The summed E-state index contributed by atoms with van der Waals surface area (Å²) in [4.78, 5) is 0. The summed E-state index contributed by atoms with van der Waals surface area (Å²) in [5.74, 6) is 0. The molecule has 0 saturated heterocycles. The first-order valence-electron chi connectivity index (χ1n) is 3.94. The van der Waals surface area contributed by atoms with Gasteiger partial charge in [-0.2, -0.15) is 0 Å². The van der Waals surface area contributed by atoms with Crippen molar-refractivity contribution >= 4 is 22.6 Å². The van der Waals surface area contributed by atoms with E-state index in [1.165, 1.54) is 22.3 Å². The Labute approximate surface area is 99.5 Å². The molecule has 0 aliphatic heterocycles. The van der Waals surface area contributed by atoms with Gasteiger partial charge in [-0.3, -0.25) is 0 Å². The molecule has 0 radical (unpaired) electrons. The second-order valence-corrected chi connectivity index (χ2v) is 5.66. The quantitative estimate of drug-likeness (QED) is 0.361. The molecule has 2 heteroatoms. The van der Waals surface area contributed by atoms with Gasteiger partial charge in [-0.1, -0.05) is 33.7 Å². The van der Waals surface area contributed by atoms with Crippen molar-refractivity contribution in [2.24, 2.45) is 0 Å². The molecule has 1 aliphatic carbocycles. The normalized spacial score (nSPS) is 21.5. The standard InChI is InChI=1S/C10H15I.Fe/c1-6-7(2)9(4)10(5,11)8(6)3;/h1-5H3;. The van der Waals surface area contributed by atoms with E-state index in [-0.39, 0.29) is 20.5 Å². The summed E-state index contributed by atoms with van der Waals surface area (Å²) < 4.78 is 0.284. The zero-order valence-electron chi connectivity index (χ0n) is 8.23. The van der Waals surface area contributed by atoms with E-state index in [2.05, 4.69) is 57.2 Å². The van der Waals surface area contributed by atoms with E-state index >= 15 is 0 Å². The second kappa shape index (κ2) is 3.85. The Balaban J connectivity index is 0.00000121. The fourth-order valence-electron chi connectivity index (χ4n) is 1.55. The van der Waals surface area contributed by atoms with E-state index in [1.54, 1.807) is 0 Å². The minimum atomic E-state index is 0. The summed E-state index contributed by atoms with van der Waals surface area (Å²) in [6, 6.07) is 0. The molecule has 70 valence electrons. The molecule has 0 atom stereocenters. The molecule has 0 spiro atoms. The molecule has 0 heterocycles. The summed E-state index contributed by atoms with van der Waals surface area (Å²) in [6.07, 6.45) is 0. The molecule has 1 rings (SSSR count). The summed E-state index contributed by atoms with van der Waals surface area (Å²) in [7, 11) is 0. The van der Waals surface area contributed by atoms with Gasteiger partial charge in [0.2, 0.25) is 0 Å². The summed E-state index contributed by atoms with van der Waals surface area (Å²) in [5, 5.41) is 0. The van der Waals surface area contributed by atoms with E-state index in [9.17, 15) is 0 Å². The van der Waals surface area contributed by atoms with Gasteiger partial charge < -0.3 is 0 Å². The minimum absolute atomic E-state index is 0. The van der Waals surface area contributed by atoms with E-state index in [0.717, 1.165) is 0 Å². The molecule has 0 amide bonds. The first kappa shape index (κ1) is 12.7. The van der Waals surface area contributed by atoms with Gasteiger partial charge in [-0.05, 0) is 45.8 Å². The number of rotatable bonds is 0. The Morgan fingerprint density at radius 2 is 1.17 bits per heavy atom. The van der Waals surface area contributed by atoms with Crippen molar-refractivity contribution in [2.45, 2.75) is 38.0 Å². The number of allylic oxidation sites excluding steroid dienone is 4. The van der Waals surface area contributed by atoms with Crippen LogP contribution in [0.4, 0.5) is 0 Å². The zero-order valence-corrected chi connectivity index (χ0v) is 11.5. The summed E-state index contributed by atoms with van der Waals surface area (Å²) in [5.41, 5.74) is 6.01. The van der Waals surface area contributed by atoms with E-state index in [1.807, 2.05) is 0 Å². The third kappa shape index (κ3) is 1.66. The Morgan fingerprint density at radius 1 is 0.917 bits per heavy atom. The maximum Gasteiger partial charge on any atom is 0.0616 e. The molecule has 0 aromatic rings. The van der Waals surface area contributed by atoms with Gasteiger partial charge in [0.25, 0.3) is 0 Å². The molecule has 0 N–H and O–H groups in total. The van der Waals surface area contributed by atoms with Crippen LogP contribution in [-0.4, -0.2) is 3.42 Å². The van der Waals surface area contributed by atoms with Crippen LogP contribution in [0.5, 0.6) is 0 Å². The first-order chi connectivity index (χ1) is 4.89. The van der Waals surface area contributed by atoms with Crippen molar-refractivity contribution in [2.75, 3.05) is 0 Å². The number of alkyl halides is 1. The molecule has 0 bridgehead atoms.